The summed E-state index contributed by atoms with van der Waals surface area (Å²) in [6.45, 7) is 5.40. The third kappa shape index (κ3) is 9.85. The molecule has 0 spiro atoms. The molecule has 2 aliphatic rings. The van der Waals surface area contributed by atoms with E-state index in [0.29, 0.717) is 62.8 Å². The van der Waals surface area contributed by atoms with E-state index in [1.165, 1.54) is 0 Å². The Hall–Kier alpha value is -3.80. The Morgan fingerprint density at radius 1 is 0.587 bits per heavy atom. The molecule has 2 aromatic carbocycles. The van der Waals surface area contributed by atoms with E-state index in [4.69, 9.17) is 9.98 Å². The Kier molecular flexibility index (Phi) is 14.0. The lowest BCUT2D eigenvalue weighted by atomic mass is 9.78. The maximum Gasteiger partial charge on any atom is 0.168 e. The normalized spacial score (nSPS) is 22.8. The van der Waals surface area contributed by atoms with Gasteiger partial charge in [-0.25, -0.2) is 0 Å². The zero-order chi connectivity index (χ0) is 32.7. The van der Waals surface area contributed by atoms with Gasteiger partial charge in [-0.1, -0.05) is 100 Å². The number of carbonyl (C=O) groups is 2. The lowest BCUT2D eigenvalue weighted by Gasteiger charge is -2.26. The van der Waals surface area contributed by atoms with E-state index in [2.05, 4.69) is 38.1 Å². The molecule has 2 fully saturated rings. The Labute approximate surface area is 275 Å². The van der Waals surface area contributed by atoms with E-state index in [1.807, 2.05) is 36.4 Å². The second-order valence-corrected chi connectivity index (χ2v) is 12.8. The quantitative estimate of drug-likeness (QED) is 0.117. The molecule has 0 aromatic heterocycles. The predicted molar refractivity (Wildman–Crippen MR) is 188 cm³/mol. The average molecular weight is 625 g/mol. The topological polar surface area (TPSA) is 99.3 Å². The van der Waals surface area contributed by atoms with Crippen LogP contribution in [0.4, 0.5) is 0 Å². The molecule has 2 aliphatic carbocycles. The van der Waals surface area contributed by atoms with E-state index in [0.717, 1.165) is 73.9 Å². The molecule has 2 unspecified atom stereocenters. The SMILES string of the molecule is CCCC/C(O)=C1\C(=O)CC(c2ccccc2)CC1=NCCCCCCN=C1CC(c2ccccc2)CC(=O)/C1=C(/O)CCCC. The molecule has 2 N–H and O–H groups in total. The number of Topliss-reactive ketones (excluding diaryl/α,β-unsaturated/α-hetero) is 2. The number of ketones is 2. The van der Waals surface area contributed by atoms with Crippen LogP contribution in [0.1, 0.15) is 127 Å². The minimum absolute atomic E-state index is 0.00332. The molecular weight excluding hydrogens is 572 g/mol. The zero-order valence-corrected chi connectivity index (χ0v) is 27.8. The van der Waals surface area contributed by atoms with Gasteiger partial charge in [-0.3, -0.25) is 19.6 Å². The molecule has 2 aromatic rings. The van der Waals surface area contributed by atoms with Crippen molar-refractivity contribution in [2.75, 3.05) is 13.1 Å². The van der Waals surface area contributed by atoms with Crippen LogP contribution in [0.15, 0.2) is 93.3 Å². The summed E-state index contributed by atoms with van der Waals surface area (Å²) in [6, 6.07) is 20.3. The first-order valence-electron chi connectivity index (χ1n) is 17.5. The van der Waals surface area contributed by atoms with Crippen molar-refractivity contribution >= 4 is 23.0 Å². The lowest BCUT2D eigenvalue weighted by Crippen LogP contribution is -2.27. The molecular formula is C40H52N2O4. The molecule has 0 aliphatic heterocycles. The summed E-state index contributed by atoms with van der Waals surface area (Å²) in [5.74, 6) is 0.556. The first-order chi connectivity index (χ1) is 22.4. The van der Waals surface area contributed by atoms with Gasteiger partial charge >= 0.3 is 0 Å². The van der Waals surface area contributed by atoms with E-state index in [1.54, 1.807) is 0 Å². The highest BCUT2D eigenvalue weighted by atomic mass is 16.3. The fourth-order valence-corrected chi connectivity index (χ4v) is 6.60. The summed E-state index contributed by atoms with van der Waals surface area (Å²) in [5, 5.41) is 21.7. The molecule has 0 heterocycles. The third-order valence-electron chi connectivity index (χ3n) is 9.20. The van der Waals surface area contributed by atoms with Gasteiger partial charge in [0.05, 0.1) is 11.1 Å². The predicted octanol–water partition coefficient (Wildman–Crippen LogP) is 9.73. The second-order valence-electron chi connectivity index (χ2n) is 12.8. The fourth-order valence-electron chi connectivity index (χ4n) is 6.60. The largest absolute Gasteiger partial charge is 0.511 e. The number of benzene rings is 2. The van der Waals surface area contributed by atoms with Gasteiger partial charge in [0.1, 0.15) is 11.5 Å². The van der Waals surface area contributed by atoms with Gasteiger partial charge in [0, 0.05) is 50.2 Å². The van der Waals surface area contributed by atoms with Crippen LogP contribution in [0, 0.1) is 0 Å². The number of aliphatic hydroxyl groups is 2. The molecule has 0 radical (unpaired) electrons. The molecule has 6 heteroatoms. The fraction of sp³-hybridized carbons (Fsp3) is 0.500. The van der Waals surface area contributed by atoms with Gasteiger partial charge in [0.2, 0.25) is 0 Å². The van der Waals surface area contributed by atoms with Gasteiger partial charge in [0.25, 0.3) is 0 Å². The Bertz CT molecular complexity index is 1310. The van der Waals surface area contributed by atoms with E-state index in [-0.39, 0.29) is 34.9 Å². The van der Waals surface area contributed by atoms with Crippen LogP contribution in [-0.2, 0) is 9.59 Å². The number of unbranched alkanes of at least 4 members (excludes halogenated alkanes) is 5. The molecule has 0 saturated heterocycles. The van der Waals surface area contributed by atoms with Crippen molar-refractivity contribution in [1.82, 2.24) is 0 Å². The van der Waals surface area contributed by atoms with E-state index < -0.39 is 0 Å². The summed E-state index contributed by atoms with van der Waals surface area (Å²) in [6.07, 6.45) is 10.5. The molecule has 4 rings (SSSR count). The highest BCUT2D eigenvalue weighted by Crippen LogP contribution is 2.35. The standard InChI is InChI=1S/C40H52N2O4/c1-3-5-21-35(43)39-33(25-31(27-37(39)45)29-17-11-9-12-18-29)41-23-15-7-8-16-24-42-34-26-32(30-19-13-10-14-20-30)28-38(46)40(34)36(44)22-6-4-2/h9-14,17-20,31-32,43-44H,3-8,15-16,21-28H2,1-2H3/b39-35+,40-36+,41-33?,42-34?. The number of rotatable bonds is 15. The van der Waals surface area contributed by atoms with Crippen molar-refractivity contribution in [3.63, 3.8) is 0 Å². The third-order valence-corrected chi connectivity index (χ3v) is 9.20. The van der Waals surface area contributed by atoms with Crippen LogP contribution in [0.3, 0.4) is 0 Å². The van der Waals surface area contributed by atoms with Crippen LogP contribution in [0.25, 0.3) is 0 Å². The number of allylic oxidation sites excluding steroid dienone is 4. The van der Waals surface area contributed by atoms with Crippen molar-refractivity contribution in [1.29, 1.82) is 0 Å². The van der Waals surface area contributed by atoms with Crippen molar-refractivity contribution < 1.29 is 19.8 Å². The Balaban J connectivity index is 1.35. The number of aliphatic imine (C=N–C) groups is 2. The van der Waals surface area contributed by atoms with Gasteiger partial charge in [-0.15, -0.1) is 0 Å². The number of carbonyl (C=O) groups excluding carboxylic acids is 2. The maximum absolute atomic E-state index is 13.2. The van der Waals surface area contributed by atoms with Crippen LogP contribution < -0.4 is 0 Å². The molecule has 6 nitrogen and oxygen atoms in total. The average Bonchev–Trinajstić information content (AvgIpc) is 3.07. The zero-order valence-electron chi connectivity index (χ0n) is 27.8. The lowest BCUT2D eigenvalue weighted by molar-refractivity contribution is -0.116. The number of aliphatic hydroxyl groups excluding tert-OH is 2. The van der Waals surface area contributed by atoms with Gasteiger partial charge in [-0.05, 0) is 61.5 Å². The van der Waals surface area contributed by atoms with Crippen molar-refractivity contribution in [3.05, 3.63) is 94.5 Å². The van der Waals surface area contributed by atoms with Crippen LogP contribution in [-0.4, -0.2) is 46.3 Å². The van der Waals surface area contributed by atoms with E-state index >= 15 is 0 Å². The first-order valence-corrected chi connectivity index (χ1v) is 17.5. The highest BCUT2D eigenvalue weighted by molar-refractivity contribution is 6.25. The van der Waals surface area contributed by atoms with Gasteiger partial charge in [-0.2, -0.15) is 0 Å². The molecule has 0 bridgehead atoms. The molecule has 0 amide bonds. The molecule has 246 valence electrons. The van der Waals surface area contributed by atoms with Gasteiger partial charge < -0.3 is 10.2 Å². The number of hydrogen-bond donors (Lipinski definition) is 2. The Morgan fingerprint density at radius 3 is 1.35 bits per heavy atom. The number of nitrogens with zero attached hydrogens (tertiary/aromatic N) is 2. The summed E-state index contributed by atoms with van der Waals surface area (Å²) in [5.41, 5.74) is 4.70. The summed E-state index contributed by atoms with van der Waals surface area (Å²) >= 11 is 0. The van der Waals surface area contributed by atoms with Crippen LogP contribution in [0.5, 0.6) is 0 Å². The van der Waals surface area contributed by atoms with Crippen molar-refractivity contribution in [2.24, 2.45) is 9.98 Å². The first kappa shape index (κ1) is 35.1. The van der Waals surface area contributed by atoms with Crippen LogP contribution in [0.2, 0.25) is 0 Å². The van der Waals surface area contributed by atoms with E-state index in [9.17, 15) is 19.8 Å². The summed E-state index contributed by atoms with van der Waals surface area (Å²) in [4.78, 5) is 36.2. The molecule has 46 heavy (non-hydrogen) atoms. The van der Waals surface area contributed by atoms with Crippen molar-refractivity contribution in [2.45, 2.75) is 116 Å². The van der Waals surface area contributed by atoms with Crippen LogP contribution >= 0.6 is 0 Å². The second kappa shape index (κ2) is 18.4. The maximum atomic E-state index is 13.2. The smallest absolute Gasteiger partial charge is 0.168 e. The summed E-state index contributed by atoms with van der Waals surface area (Å²) < 4.78 is 0. The Morgan fingerprint density at radius 2 is 0.978 bits per heavy atom. The minimum atomic E-state index is -0.00332. The number of hydrogen-bond acceptors (Lipinski definition) is 6. The van der Waals surface area contributed by atoms with Crippen molar-refractivity contribution in [3.8, 4) is 0 Å². The highest BCUT2D eigenvalue weighted by Gasteiger charge is 2.33. The minimum Gasteiger partial charge on any atom is -0.511 e. The molecule has 2 atom stereocenters. The molecule has 2 saturated carbocycles. The summed E-state index contributed by atoms with van der Waals surface area (Å²) in [7, 11) is 0. The monoisotopic (exact) mass is 624 g/mol. The van der Waals surface area contributed by atoms with Gasteiger partial charge in [0.15, 0.2) is 11.6 Å².